The monoisotopic (exact) mass is 425 g/mol. The van der Waals surface area contributed by atoms with Crippen LogP contribution in [0.1, 0.15) is 24.0 Å². The lowest BCUT2D eigenvalue weighted by Crippen LogP contribution is -2.39. The average Bonchev–Trinajstić information content (AvgIpc) is 2.72. The first-order valence-corrected chi connectivity index (χ1v) is 10.3. The smallest absolute Gasteiger partial charge is 0.416 e. The number of nitrogens with zero attached hydrogens (tertiary/aromatic N) is 3. The molecule has 0 amide bonds. The number of nitriles is 1. The van der Waals surface area contributed by atoms with Crippen LogP contribution in [0.5, 0.6) is 5.88 Å². The van der Waals surface area contributed by atoms with E-state index < -0.39 is 21.8 Å². The highest BCUT2D eigenvalue weighted by atomic mass is 32.2. The number of rotatable bonds is 5. The van der Waals surface area contributed by atoms with Crippen LogP contribution in [0.2, 0.25) is 0 Å². The zero-order valence-corrected chi connectivity index (χ0v) is 16.1. The molecule has 0 saturated carbocycles. The molecule has 0 unspecified atom stereocenters. The molecule has 29 heavy (non-hydrogen) atoms. The molecule has 10 heteroatoms. The Hall–Kier alpha value is -2.64. The summed E-state index contributed by atoms with van der Waals surface area (Å²) in [4.78, 5) is 3.66. The first-order chi connectivity index (χ1) is 13.7. The van der Waals surface area contributed by atoms with E-state index in [9.17, 15) is 21.6 Å². The van der Waals surface area contributed by atoms with Gasteiger partial charge in [0.05, 0.1) is 28.7 Å². The summed E-state index contributed by atoms with van der Waals surface area (Å²) in [6, 6.07) is 8.85. The molecule has 2 aromatic rings. The minimum Gasteiger partial charge on any atom is -0.477 e. The van der Waals surface area contributed by atoms with Crippen molar-refractivity contribution in [2.75, 3.05) is 19.7 Å². The maximum Gasteiger partial charge on any atom is 0.416 e. The van der Waals surface area contributed by atoms with E-state index in [-0.39, 0.29) is 23.9 Å². The minimum absolute atomic E-state index is 0.0792. The number of alkyl halides is 3. The van der Waals surface area contributed by atoms with Gasteiger partial charge in [0.1, 0.15) is 0 Å². The number of aromatic nitrogens is 1. The molecule has 0 radical (unpaired) electrons. The number of hydrogen-bond donors (Lipinski definition) is 0. The minimum atomic E-state index is -4.60. The van der Waals surface area contributed by atoms with Gasteiger partial charge in [-0.15, -0.1) is 0 Å². The van der Waals surface area contributed by atoms with Gasteiger partial charge in [0.2, 0.25) is 15.9 Å². The first-order valence-electron chi connectivity index (χ1n) is 8.86. The molecule has 1 saturated heterocycles. The third kappa shape index (κ3) is 5.05. The quantitative estimate of drug-likeness (QED) is 0.733. The summed E-state index contributed by atoms with van der Waals surface area (Å²) in [5, 5.41) is 8.88. The summed E-state index contributed by atoms with van der Waals surface area (Å²) in [7, 11) is -4.00. The summed E-state index contributed by atoms with van der Waals surface area (Å²) in [6.07, 6.45) is -2.11. The lowest BCUT2D eigenvalue weighted by molar-refractivity contribution is -0.137. The second-order valence-corrected chi connectivity index (χ2v) is 8.62. The number of sulfonamides is 1. The van der Waals surface area contributed by atoms with Gasteiger partial charge in [0.25, 0.3) is 0 Å². The molecule has 3 rings (SSSR count). The molecular weight excluding hydrogens is 407 g/mol. The number of ether oxygens (including phenoxy) is 1. The Morgan fingerprint density at radius 3 is 2.59 bits per heavy atom. The maximum atomic E-state index is 12.9. The Labute approximate surface area is 166 Å². The van der Waals surface area contributed by atoms with Crippen LogP contribution < -0.4 is 4.74 Å². The van der Waals surface area contributed by atoms with E-state index in [1.54, 1.807) is 6.07 Å². The molecule has 1 aliphatic rings. The van der Waals surface area contributed by atoms with E-state index in [1.165, 1.54) is 22.6 Å². The van der Waals surface area contributed by atoms with Crippen LogP contribution in [0, 0.1) is 17.2 Å². The summed E-state index contributed by atoms with van der Waals surface area (Å²) < 4.78 is 70.8. The van der Waals surface area contributed by atoms with Crippen molar-refractivity contribution >= 4 is 10.0 Å². The molecule has 6 nitrogen and oxygen atoms in total. The third-order valence-electron chi connectivity index (χ3n) is 4.70. The summed E-state index contributed by atoms with van der Waals surface area (Å²) in [6.45, 7) is 0.704. The van der Waals surface area contributed by atoms with Gasteiger partial charge < -0.3 is 4.74 Å². The lowest BCUT2D eigenvalue weighted by atomic mass is 9.99. The van der Waals surface area contributed by atoms with Crippen molar-refractivity contribution in [3.8, 4) is 11.9 Å². The predicted molar refractivity (Wildman–Crippen MR) is 97.4 cm³/mol. The van der Waals surface area contributed by atoms with Gasteiger partial charge in [0, 0.05) is 25.4 Å². The topological polar surface area (TPSA) is 83.3 Å². The molecule has 0 bridgehead atoms. The van der Waals surface area contributed by atoms with Crippen LogP contribution >= 0.6 is 0 Å². The molecule has 1 fully saturated rings. The third-order valence-corrected chi connectivity index (χ3v) is 6.60. The van der Waals surface area contributed by atoms with Crippen LogP contribution in [0.4, 0.5) is 13.2 Å². The highest BCUT2D eigenvalue weighted by Gasteiger charge is 2.34. The van der Waals surface area contributed by atoms with E-state index in [0.717, 1.165) is 12.1 Å². The highest BCUT2D eigenvalue weighted by Crippen LogP contribution is 2.32. The van der Waals surface area contributed by atoms with Gasteiger partial charge in [-0.25, -0.2) is 13.4 Å². The average molecular weight is 425 g/mol. The van der Waals surface area contributed by atoms with Gasteiger partial charge in [-0.05, 0) is 43.0 Å². The Morgan fingerprint density at radius 2 is 1.93 bits per heavy atom. The van der Waals surface area contributed by atoms with Crippen molar-refractivity contribution in [1.82, 2.24) is 9.29 Å². The summed E-state index contributed by atoms with van der Waals surface area (Å²) in [5.74, 6) is 0.401. The fourth-order valence-corrected chi connectivity index (χ4v) is 4.58. The van der Waals surface area contributed by atoms with Gasteiger partial charge in [-0.1, -0.05) is 6.07 Å². The Balaban J connectivity index is 1.60. The molecule has 0 spiro atoms. The molecule has 1 aliphatic heterocycles. The van der Waals surface area contributed by atoms with Crippen LogP contribution in [0.15, 0.2) is 47.5 Å². The molecule has 1 aromatic heterocycles. The largest absolute Gasteiger partial charge is 0.477 e. The van der Waals surface area contributed by atoms with E-state index in [2.05, 4.69) is 4.98 Å². The zero-order chi connectivity index (χ0) is 21.1. The van der Waals surface area contributed by atoms with Crippen molar-refractivity contribution in [2.45, 2.75) is 23.9 Å². The van der Waals surface area contributed by atoms with Crippen molar-refractivity contribution in [1.29, 1.82) is 5.26 Å². The molecule has 0 N–H and O–H groups in total. The zero-order valence-electron chi connectivity index (χ0n) is 15.3. The van der Waals surface area contributed by atoms with Crippen molar-refractivity contribution in [3.05, 3.63) is 53.7 Å². The molecule has 0 atom stereocenters. The molecular formula is C19H18F3N3O3S. The Morgan fingerprint density at radius 1 is 1.21 bits per heavy atom. The number of halogens is 3. The number of benzene rings is 1. The van der Waals surface area contributed by atoms with Gasteiger partial charge in [0.15, 0.2) is 0 Å². The summed E-state index contributed by atoms with van der Waals surface area (Å²) >= 11 is 0. The van der Waals surface area contributed by atoms with Gasteiger partial charge in [-0.2, -0.15) is 22.7 Å². The molecule has 2 heterocycles. The normalized spacial score (nSPS) is 16.3. The van der Waals surface area contributed by atoms with Gasteiger partial charge in [-0.3, -0.25) is 0 Å². The van der Waals surface area contributed by atoms with Crippen LogP contribution in [0.25, 0.3) is 0 Å². The number of hydrogen-bond acceptors (Lipinski definition) is 5. The van der Waals surface area contributed by atoms with Crippen molar-refractivity contribution in [2.24, 2.45) is 5.92 Å². The van der Waals surface area contributed by atoms with E-state index >= 15 is 0 Å². The van der Waals surface area contributed by atoms with Crippen LogP contribution in [-0.4, -0.2) is 37.4 Å². The van der Waals surface area contributed by atoms with Crippen LogP contribution in [0.3, 0.4) is 0 Å². The lowest BCUT2D eigenvalue weighted by Gasteiger charge is -2.31. The van der Waals surface area contributed by atoms with Crippen molar-refractivity contribution < 1.29 is 26.3 Å². The number of piperidine rings is 1. The van der Waals surface area contributed by atoms with Gasteiger partial charge >= 0.3 is 6.18 Å². The molecule has 154 valence electrons. The fourth-order valence-electron chi connectivity index (χ4n) is 3.06. The Kier molecular flexibility index (Phi) is 6.10. The highest BCUT2D eigenvalue weighted by molar-refractivity contribution is 7.89. The SMILES string of the molecule is N#Cc1ccnc(OCC2CCN(S(=O)(=O)c3cccc(C(F)(F)F)c3)CC2)c1. The van der Waals surface area contributed by atoms with Crippen LogP contribution in [-0.2, 0) is 16.2 Å². The predicted octanol–water partition coefficient (Wildman–Crippen LogP) is 3.45. The first kappa shape index (κ1) is 21.1. The van der Waals surface area contributed by atoms with E-state index in [4.69, 9.17) is 10.00 Å². The standard InChI is InChI=1S/C19H18F3N3O3S/c20-19(21,22)16-2-1-3-17(11-16)29(26,27)25-8-5-14(6-9-25)13-28-18-10-15(12-23)4-7-24-18/h1-4,7,10-11,14H,5-6,8-9,13H2. The van der Waals surface area contributed by atoms with E-state index in [1.807, 2.05) is 6.07 Å². The number of pyridine rings is 1. The van der Waals surface area contributed by atoms with Crippen molar-refractivity contribution in [3.63, 3.8) is 0 Å². The molecule has 0 aliphatic carbocycles. The van der Waals surface area contributed by atoms with E-state index in [0.29, 0.717) is 37.0 Å². The fraction of sp³-hybridized carbons (Fsp3) is 0.368. The Bertz CT molecular complexity index is 1010. The second kappa shape index (κ2) is 8.39. The second-order valence-electron chi connectivity index (χ2n) is 6.68. The summed E-state index contributed by atoms with van der Waals surface area (Å²) in [5.41, 5.74) is -0.564. The maximum absolute atomic E-state index is 12.9. The molecule has 1 aromatic carbocycles.